The third kappa shape index (κ3) is 5.71. The van der Waals surface area contributed by atoms with Gasteiger partial charge in [-0.15, -0.1) is 0 Å². The average molecular weight is 475 g/mol. The van der Waals surface area contributed by atoms with E-state index in [1.165, 1.54) is 0 Å². The van der Waals surface area contributed by atoms with Crippen molar-refractivity contribution in [2.45, 2.75) is 5.92 Å². The van der Waals surface area contributed by atoms with Gasteiger partial charge >= 0.3 is 0 Å². The van der Waals surface area contributed by atoms with Crippen molar-refractivity contribution in [2.24, 2.45) is 5.92 Å². The van der Waals surface area contributed by atoms with E-state index in [-0.39, 0.29) is 11.6 Å². The van der Waals surface area contributed by atoms with E-state index >= 15 is 0 Å². The Bertz CT molecular complexity index is 1360. The third-order valence-corrected chi connectivity index (χ3v) is 5.95. The SMILES string of the molecule is COc1ccc(C(=O)C(C(=O)c2ccccc2)C(C#Cc2ccccc2)c2ccc(OC)cc2)cc1. The summed E-state index contributed by atoms with van der Waals surface area (Å²) in [6.45, 7) is 0. The number of ether oxygens (including phenoxy) is 2. The van der Waals surface area contributed by atoms with Gasteiger partial charge in [-0.3, -0.25) is 9.59 Å². The zero-order valence-corrected chi connectivity index (χ0v) is 20.2. The van der Waals surface area contributed by atoms with Gasteiger partial charge in [-0.2, -0.15) is 0 Å². The molecule has 0 aliphatic heterocycles. The van der Waals surface area contributed by atoms with Gasteiger partial charge in [0.2, 0.25) is 0 Å². The summed E-state index contributed by atoms with van der Waals surface area (Å²) in [5.41, 5.74) is 2.45. The van der Waals surface area contributed by atoms with Crippen molar-refractivity contribution in [2.75, 3.05) is 14.2 Å². The van der Waals surface area contributed by atoms with E-state index in [0.29, 0.717) is 22.6 Å². The van der Waals surface area contributed by atoms with Crippen LogP contribution in [-0.2, 0) is 0 Å². The molecule has 4 nitrogen and oxygen atoms in total. The van der Waals surface area contributed by atoms with E-state index in [0.717, 1.165) is 11.1 Å². The minimum atomic E-state index is -1.05. The number of ketones is 2. The van der Waals surface area contributed by atoms with Gasteiger partial charge < -0.3 is 9.47 Å². The molecule has 2 unspecified atom stereocenters. The number of rotatable bonds is 8. The highest BCUT2D eigenvalue weighted by Crippen LogP contribution is 2.32. The second-order valence-corrected chi connectivity index (χ2v) is 8.19. The first-order chi connectivity index (χ1) is 17.6. The standard InChI is InChI=1S/C32H26O4/c1-35-27-18-14-24(15-19-27)29(22-13-23-9-5-3-6-10-23)30(31(33)25-11-7-4-8-12-25)32(34)26-16-20-28(36-2)21-17-26/h3-12,14-21,29-30H,1-2H3. The Labute approximate surface area is 211 Å². The fraction of sp³-hybridized carbons (Fsp3) is 0.125. The predicted molar refractivity (Wildman–Crippen MR) is 141 cm³/mol. The number of benzene rings is 4. The van der Waals surface area contributed by atoms with Crippen molar-refractivity contribution in [1.82, 2.24) is 0 Å². The molecule has 2 atom stereocenters. The number of carbonyl (C=O) groups is 2. The summed E-state index contributed by atoms with van der Waals surface area (Å²) in [7, 11) is 3.16. The molecule has 0 aliphatic rings. The summed E-state index contributed by atoms with van der Waals surface area (Å²) in [4.78, 5) is 27.8. The molecule has 4 aromatic carbocycles. The van der Waals surface area contributed by atoms with Crippen LogP contribution in [0.15, 0.2) is 109 Å². The fourth-order valence-electron chi connectivity index (χ4n) is 3.99. The summed E-state index contributed by atoms with van der Waals surface area (Å²) >= 11 is 0. The molecule has 0 saturated carbocycles. The van der Waals surface area contributed by atoms with Crippen molar-refractivity contribution in [1.29, 1.82) is 0 Å². The number of hydrogen-bond acceptors (Lipinski definition) is 4. The summed E-state index contributed by atoms with van der Waals surface area (Å²) in [5.74, 6) is 5.44. The predicted octanol–water partition coefficient (Wildman–Crippen LogP) is 6.22. The van der Waals surface area contributed by atoms with Crippen LogP contribution >= 0.6 is 0 Å². The molecule has 4 heteroatoms. The molecule has 0 aliphatic carbocycles. The normalized spacial score (nSPS) is 11.9. The molecule has 0 fully saturated rings. The van der Waals surface area contributed by atoms with Crippen LogP contribution in [-0.4, -0.2) is 25.8 Å². The van der Waals surface area contributed by atoms with Gasteiger partial charge in [0, 0.05) is 16.7 Å². The highest BCUT2D eigenvalue weighted by molar-refractivity contribution is 6.17. The van der Waals surface area contributed by atoms with Crippen LogP contribution in [0.25, 0.3) is 0 Å². The molecule has 4 aromatic rings. The van der Waals surface area contributed by atoms with Gasteiger partial charge in [0.05, 0.1) is 20.1 Å². The first kappa shape index (κ1) is 24.5. The Balaban J connectivity index is 1.85. The lowest BCUT2D eigenvalue weighted by Gasteiger charge is -2.22. The Morgan fingerprint density at radius 2 is 1.08 bits per heavy atom. The molecule has 0 amide bonds. The van der Waals surface area contributed by atoms with Gasteiger partial charge in [-0.1, -0.05) is 72.5 Å². The van der Waals surface area contributed by atoms with Crippen LogP contribution in [0.2, 0.25) is 0 Å². The van der Waals surface area contributed by atoms with Crippen LogP contribution in [0.4, 0.5) is 0 Å². The van der Waals surface area contributed by atoms with Crippen LogP contribution in [0.5, 0.6) is 11.5 Å². The average Bonchev–Trinajstić information content (AvgIpc) is 2.96. The van der Waals surface area contributed by atoms with Crippen molar-refractivity contribution < 1.29 is 19.1 Å². The van der Waals surface area contributed by atoms with Gasteiger partial charge in [0.15, 0.2) is 11.6 Å². The highest BCUT2D eigenvalue weighted by Gasteiger charge is 2.36. The van der Waals surface area contributed by atoms with E-state index < -0.39 is 11.8 Å². The highest BCUT2D eigenvalue weighted by atomic mass is 16.5. The zero-order valence-electron chi connectivity index (χ0n) is 20.2. The first-order valence-electron chi connectivity index (χ1n) is 11.6. The fourth-order valence-corrected chi connectivity index (χ4v) is 3.99. The van der Waals surface area contributed by atoms with Crippen molar-refractivity contribution in [3.63, 3.8) is 0 Å². The van der Waals surface area contributed by atoms with Crippen LogP contribution in [0.3, 0.4) is 0 Å². The molecule has 0 N–H and O–H groups in total. The van der Waals surface area contributed by atoms with Gasteiger partial charge in [0.25, 0.3) is 0 Å². The van der Waals surface area contributed by atoms with Crippen LogP contribution in [0.1, 0.15) is 37.8 Å². The summed E-state index contributed by atoms with van der Waals surface area (Å²) in [6, 6.07) is 32.6. The lowest BCUT2D eigenvalue weighted by atomic mass is 9.77. The maximum Gasteiger partial charge on any atom is 0.175 e. The smallest absolute Gasteiger partial charge is 0.175 e. The Kier molecular flexibility index (Phi) is 7.95. The van der Waals surface area contributed by atoms with Crippen molar-refractivity contribution in [3.8, 4) is 23.3 Å². The zero-order chi connectivity index (χ0) is 25.3. The monoisotopic (exact) mass is 474 g/mol. The largest absolute Gasteiger partial charge is 0.497 e. The maximum atomic E-state index is 14.0. The molecule has 4 rings (SSSR count). The molecular weight excluding hydrogens is 448 g/mol. The van der Waals surface area contributed by atoms with E-state index in [9.17, 15) is 9.59 Å². The minimum absolute atomic E-state index is 0.278. The molecule has 0 aromatic heterocycles. The van der Waals surface area contributed by atoms with Crippen LogP contribution in [0, 0.1) is 17.8 Å². The Morgan fingerprint density at radius 3 is 1.61 bits per heavy atom. The van der Waals surface area contributed by atoms with Gasteiger partial charge in [-0.05, 0) is 54.1 Å². The Morgan fingerprint density at radius 1 is 0.611 bits per heavy atom. The van der Waals surface area contributed by atoms with Crippen molar-refractivity contribution in [3.05, 3.63) is 131 Å². The first-order valence-corrected chi connectivity index (χ1v) is 11.6. The lowest BCUT2D eigenvalue weighted by molar-refractivity contribution is 0.0797. The second-order valence-electron chi connectivity index (χ2n) is 8.19. The van der Waals surface area contributed by atoms with E-state index in [1.807, 2.05) is 60.7 Å². The number of hydrogen-bond donors (Lipinski definition) is 0. The maximum absolute atomic E-state index is 14.0. The molecule has 36 heavy (non-hydrogen) atoms. The van der Waals surface area contributed by atoms with E-state index in [2.05, 4.69) is 11.8 Å². The molecule has 0 saturated heterocycles. The second kappa shape index (κ2) is 11.7. The number of carbonyl (C=O) groups excluding carboxylic acids is 2. The molecule has 0 bridgehead atoms. The summed E-state index contributed by atoms with van der Waals surface area (Å²) < 4.78 is 10.6. The topological polar surface area (TPSA) is 52.6 Å². The molecule has 0 heterocycles. The summed E-state index contributed by atoms with van der Waals surface area (Å²) in [5, 5.41) is 0. The van der Waals surface area contributed by atoms with E-state index in [1.54, 1.807) is 62.8 Å². The van der Waals surface area contributed by atoms with Crippen molar-refractivity contribution >= 4 is 11.6 Å². The minimum Gasteiger partial charge on any atom is -0.497 e. The molecular formula is C32H26O4. The molecule has 0 radical (unpaired) electrons. The van der Waals surface area contributed by atoms with Gasteiger partial charge in [-0.25, -0.2) is 0 Å². The lowest BCUT2D eigenvalue weighted by Crippen LogP contribution is -2.30. The van der Waals surface area contributed by atoms with E-state index in [4.69, 9.17) is 9.47 Å². The van der Waals surface area contributed by atoms with Gasteiger partial charge in [0.1, 0.15) is 17.4 Å². The molecule has 0 spiro atoms. The quantitative estimate of drug-likeness (QED) is 0.173. The number of Topliss-reactive ketones (excluding diaryl/α,β-unsaturated/α-hetero) is 2. The summed E-state index contributed by atoms with van der Waals surface area (Å²) in [6.07, 6.45) is 0. The molecule has 178 valence electrons. The third-order valence-electron chi connectivity index (χ3n) is 5.95. The Hall–Kier alpha value is -4.62. The van der Waals surface area contributed by atoms with Crippen LogP contribution < -0.4 is 9.47 Å². The number of methoxy groups -OCH3 is 2.